The number of hydrogen-bond acceptors (Lipinski definition) is 13. The fourth-order valence-corrected chi connectivity index (χ4v) is 7.57. The van der Waals surface area contributed by atoms with E-state index in [1.165, 1.54) is 13.3 Å². The molecule has 0 aliphatic heterocycles. The Balaban J connectivity index is 1.30. The van der Waals surface area contributed by atoms with Crippen LogP contribution in [-0.2, 0) is 42.4 Å². The van der Waals surface area contributed by atoms with Crippen LogP contribution in [0.25, 0.3) is 11.1 Å². The standard InChI is InChI=1S/C45H47Br2N5O10/c1-26-31(24-61-44-39(47)15-33(42(51-44)59-3)21-50-22-35(54)17-41(57)58)8-5-11-36(26)37-12-6-9-32(27(37)2)25-62-45-38(46)14-30(7-4-10-34(53)16-40(55)56)43(52-45)60-23-29-13-28(18-48)19-49-20-29/h5-6,8-9,11-15,19-20,34-35,50,53-54H,4,7,10,16-17,21-25H2,1-3H3,(H,55,56)(H,57,58)/t34-,35+/m1/s1. The molecule has 0 bridgehead atoms. The monoisotopic (exact) mass is 975 g/mol. The van der Waals surface area contributed by atoms with E-state index < -0.39 is 24.1 Å². The van der Waals surface area contributed by atoms with Crippen molar-refractivity contribution in [2.24, 2.45) is 0 Å². The fraction of sp³-hybridized carbons (Fsp3) is 0.333. The van der Waals surface area contributed by atoms with Crippen LogP contribution in [0.2, 0.25) is 0 Å². The summed E-state index contributed by atoms with van der Waals surface area (Å²) in [6, 6.07) is 19.5. The number of pyridine rings is 3. The summed E-state index contributed by atoms with van der Waals surface area (Å²) in [5.74, 6) is -0.878. The van der Waals surface area contributed by atoms with E-state index in [1.54, 1.807) is 12.3 Å². The van der Waals surface area contributed by atoms with Crippen LogP contribution in [0.1, 0.15) is 70.2 Å². The first-order valence-corrected chi connectivity index (χ1v) is 21.2. The number of aromatic nitrogens is 3. The molecule has 0 radical (unpaired) electrons. The van der Waals surface area contributed by atoms with Crippen LogP contribution in [0.4, 0.5) is 0 Å². The van der Waals surface area contributed by atoms with E-state index in [-0.39, 0.29) is 52.2 Å². The second-order valence-electron chi connectivity index (χ2n) is 14.4. The number of carboxylic acid groups (broad SMARTS) is 2. The van der Waals surface area contributed by atoms with Gasteiger partial charge in [0.2, 0.25) is 23.5 Å². The van der Waals surface area contributed by atoms with Gasteiger partial charge in [0.1, 0.15) is 25.9 Å². The third-order valence-corrected chi connectivity index (χ3v) is 11.0. The van der Waals surface area contributed by atoms with Crippen LogP contribution in [0, 0.1) is 25.2 Å². The van der Waals surface area contributed by atoms with Crippen molar-refractivity contribution >= 4 is 43.8 Å². The van der Waals surface area contributed by atoms with Gasteiger partial charge in [-0.05, 0) is 117 Å². The van der Waals surface area contributed by atoms with E-state index in [4.69, 9.17) is 34.1 Å². The maximum Gasteiger partial charge on any atom is 0.306 e. The number of methoxy groups -OCH3 is 1. The summed E-state index contributed by atoms with van der Waals surface area (Å²) >= 11 is 7.16. The normalized spacial score (nSPS) is 12.0. The Kier molecular flexibility index (Phi) is 17.6. The molecule has 3 heterocycles. The lowest BCUT2D eigenvalue weighted by Gasteiger charge is -2.18. The molecule has 326 valence electrons. The zero-order valence-corrected chi connectivity index (χ0v) is 37.5. The SMILES string of the molecule is COc1nc(OCc2cccc(-c3cccc(COc4nc(OCc5cncc(C#N)c5)c(CCC[C@@H](O)CC(=O)O)cc4Br)c3C)c2C)c(Br)cc1CNC[C@@H](O)CC(=O)O. The predicted molar refractivity (Wildman–Crippen MR) is 235 cm³/mol. The number of aliphatic carboxylic acids is 2. The molecule has 0 amide bonds. The number of ether oxygens (including phenoxy) is 4. The summed E-state index contributed by atoms with van der Waals surface area (Å²) in [6.07, 6.45) is 1.60. The maximum atomic E-state index is 11.0. The smallest absolute Gasteiger partial charge is 0.306 e. The lowest BCUT2D eigenvalue weighted by atomic mass is 9.92. The van der Waals surface area contributed by atoms with Gasteiger partial charge in [0.25, 0.3) is 0 Å². The van der Waals surface area contributed by atoms with Gasteiger partial charge in [0.15, 0.2) is 0 Å². The van der Waals surface area contributed by atoms with Crippen LogP contribution in [-0.4, -0.2) is 73.2 Å². The van der Waals surface area contributed by atoms with Gasteiger partial charge in [0, 0.05) is 42.2 Å². The van der Waals surface area contributed by atoms with Crippen LogP contribution >= 0.6 is 31.9 Å². The number of nitrogens with zero attached hydrogens (tertiary/aromatic N) is 4. The van der Waals surface area contributed by atoms with Crippen molar-refractivity contribution in [2.45, 2.75) is 84.5 Å². The van der Waals surface area contributed by atoms with Crippen molar-refractivity contribution in [2.75, 3.05) is 13.7 Å². The number of carbonyl (C=O) groups is 2. The van der Waals surface area contributed by atoms with E-state index in [1.807, 2.05) is 50.2 Å². The second-order valence-corrected chi connectivity index (χ2v) is 16.2. The van der Waals surface area contributed by atoms with Gasteiger partial charge in [-0.1, -0.05) is 36.4 Å². The van der Waals surface area contributed by atoms with Gasteiger partial charge < -0.3 is 44.7 Å². The topological polar surface area (TPSA) is 226 Å². The molecule has 0 aliphatic carbocycles. The molecule has 5 aromatic rings. The lowest BCUT2D eigenvalue weighted by Crippen LogP contribution is -2.28. The average molecular weight is 978 g/mol. The highest BCUT2D eigenvalue weighted by molar-refractivity contribution is 9.10. The molecular weight excluding hydrogens is 930 g/mol. The largest absolute Gasteiger partial charge is 0.481 e. The number of benzene rings is 2. The van der Waals surface area contributed by atoms with Gasteiger partial charge in [-0.3, -0.25) is 14.6 Å². The predicted octanol–water partition coefficient (Wildman–Crippen LogP) is 7.38. The van der Waals surface area contributed by atoms with Crippen LogP contribution in [0.5, 0.6) is 23.5 Å². The van der Waals surface area contributed by atoms with E-state index in [0.29, 0.717) is 62.0 Å². The summed E-state index contributed by atoms with van der Waals surface area (Å²) in [5, 5.41) is 50.3. The number of nitriles is 1. The molecule has 0 saturated heterocycles. The van der Waals surface area contributed by atoms with Gasteiger partial charge in [-0.25, -0.2) is 0 Å². The molecule has 0 aliphatic rings. The average Bonchev–Trinajstić information content (AvgIpc) is 3.23. The number of nitrogens with one attached hydrogen (secondary N) is 1. The maximum absolute atomic E-state index is 11.0. The number of aryl methyl sites for hydroxylation is 1. The Morgan fingerprint density at radius 1 is 0.758 bits per heavy atom. The minimum atomic E-state index is -1.08. The van der Waals surface area contributed by atoms with E-state index in [0.717, 1.165) is 38.9 Å². The zero-order valence-electron chi connectivity index (χ0n) is 34.4. The first kappa shape index (κ1) is 47.4. The van der Waals surface area contributed by atoms with Crippen molar-refractivity contribution in [3.8, 4) is 40.7 Å². The third-order valence-electron chi connectivity index (χ3n) is 9.87. The Morgan fingerprint density at radius 2 is 1.32 bits per heavy atom. The minimum Gasteiger partial charge on any atom is -0.481 e. The number of aliphatic hydroxyl groups excluding tert-OH is 2. The van der Waals surface area contributed by atoms with Gasteiger partial charge >= 0.3 is 11.9 Å². The van der Waals surface area contributed by atoms with Gasteiger partial charge in [-0.15, -0.1) is 0 Å². The summed E-state index contributed by atoms with van der Waals surface area (Å²) < 4.78 is 25.4. The third kappa shape index (κ3) is 13.4. The molecule has 15 nitrogen and oxygen atoms in total. The molecule has 5 rings (SSSR count). The molecule has 0 spiro atoms. The molecule has 0 fully saturated rings. The Morgan fingerprint density at radius 3 is 1.90 bits per heavy atom. The molecule has 5 N–H and O–H groups in total. The van der Waals surface area contributed by atoms with E-state index in [2.05, 4.69) is 65.3 Å². The second kappa shape index (κ2) is 23.0. The Labute approximate surface area is 376 Å². The molecule has 17 heteroatoms. The van der Waals surface area contributed by atoms with Crippen LogP contribution < -0.4 is 24.3 Å². The highest BCUT2D eigenvalue weighted by Crippen LogP contribution is 2.35. The number of rotatable bonds is 23. The van der Waals surface area contributed by atoms with Gasteiger partial charge in [0.05, 0.1) is 46.7 Å². The van der Waals surface area contributed by atoms with Crippen molar-refractivity contribution in [1.82, 2.24) is 20.3 Å². The molecule has 0 saturated carbocycles. The summed E-state index contributed by atoms with van der Waals surface area (Å²) in [7, 11) is 1.50. The number of halogens is 2. The van der Waals surface area contributed by atoms with E-state index >= 15 is 0 Å². The molecule has 0 unspecified atom stereocenters. The van der Waals surface area contributed by atoms with Crippen molar-refractivity contribution < 1.29 is 49.0 Å². The van der Waals surface area contributed by atoms with Crippen molar-refractivity contribution in [3.63, 3.8) is 0 Å². The van der Waals surface area contributed by atoms with Gasteiger partial charge in [-0.2, -0.15) is 15.2 Å². The minimum absolute atomic E-state index is 0.0879. The highest BCUT2D eigenvalue weighted by atomic mass is 79.9. The van der Waals surface area contributed by atoms with Crippen molar-refractivity contribution in [1.29, 1.82) is 5.26 Å². The number of hydrogen-bond donors (Lipinski definition) is 5. The molecule has 2 atom stereocenters. The quantitative estimate of drug-likeness (QED) is 0.0430. The zero-order chi connectivity index (χ0) is 44.8. The summed E-state index contributed by atoms with van der Waals surface area (Å²) in [4.78, 5) is 35.3. The summed E-state index contributed by atoms with van der Waals surface area (Å²) in [6.45, 7) is 4.95. The molecule has 3 aromatic heterocycles. The Hall–Kier alpha value is -5.64. The number of carboxylic acids is 2. The van der Waals surface area contributed by atoms with Crippen molar-refractivity contribution in [3.05, 3.63) is 120 Å². The summed E-state index contributed by atoms with van der Waals surface area (Å²) in [5.41, 5.74) is 8.44. The molecule has 2 aromatic carbocycles. The van der Waals surface area contributed by atoms with E-state index in [9.17, 15) is 25.1 Å². The number of aliphatic hydroxyl groups is 2. The van der Waals surface area contributed by atoms with Crippen LogP contribution in [0.15, 0.2) is 75.9 Å². The molecule has 62 heavy (non-hydrogen) atoms. The first-order chi connectivity index (χ1) is 29.8. The fourth-order valence-electron chi connectivity index (χ4n) is 6.61. The van der Waals surface area contributed by atoms with Crippen LogP contribution in [0.3, 0.4) is 0 Å². The molecular formula is C45H47Br2N5O10. The highest BCUT2D eigenvalue weighted by Gasteiger charge is 2.19. The Bertz CT molecular complexity index is 2410. The first-order valence-electron chi connectivity index (χ1n) is 19.6. The lowest BCUT2D eigenvalue weighted by molar-refractivity contribution is -0.140.